The first-order chi connectivity index (χ1) is 8.29. The van der Waals surface area contributed by atoms with Gasteiger partial charge in [-0.15, -0.1) is 0 Å². The van der Waals surface area contributed by atoms with E-state index < -0.39 is 0 Å². The van der Waals surface area contributed by atoms with Crippen LogP contribution in [0, 0.1) is 11.8 Å². The van der Waals surface area contributed by atoms with Gasteiger partial charge >= 0.3 is 0 Å². The van der Waals surface area contributed by atoms with Crippen molar-refractivity contribution in [1.29, 1.82) is 0 Å². The third-order valence-corrected chi connectivity index (χ3v) is 4.78. The second-order valence-corrected chi connectivity index (χ2v) is 6.24. The van der Waals surface area contributed by atoms with Crippen molar-refractivity contribution in [3.63, 3.8) is 0 Å². The first-order valence-electron chi connectivity index (χ1n) is 7.64. The van der Waals surface area contributed by atoms with Crippen LogP contribution in [-0.4, -0.2) is 13.1 Å². The van der Waals surface area contributed by atoms with Crippen molar-refractivity contribution < 1.29 is 0 Å². The lowest BCUT2D eigenvalue weighted by molar-refractivity contribution is 0.226. The first kappa shape index (κ1) is 13.1. The highest BCUT2D eigenvalue weighted by atomic mass is 14.9. The van der Waals surface area contributed by atoms with Crippen LogP contribution in [0.1, 0.15) is 64.7 Å². The molecule has 0 aliphatic heterocycles. The molecular weight excluding hydrogens is 206 g/mol. The van der Waals surface area contributed by atoms with E-state index in [9.17, 15) is 0 Å². The lowest BCUT2D eigenvalue weighted by Gasteiger charge is -2.34. The first-order valence-corrected chi connectivity index (χ1v) is 7.64. The van der Waals surface area contributed by atoms with Crippen molar-refractivity contribution in [3.8, 4) is 0 Å². The highest BCUT2D eigenvalue weighted by molar-refractivity contribution is 5.07. The Labute approximate surface area is 107 Å². The Bertz CT molecular complexity index is 256. The molecule has 0 radical (unpaired) electrons. The molecule has 2 aliphatic carbocycles. The van der Waals surface area contributed by atoms with Gasteiger partial charge in [-0.3, -0.25) is 0 Å². The second kappa shape index (κ2) is 6.58. The smallest absolute Gasteiger partial charge is 0.0130 e. The Hall–Kier alpha value is -0.300. The molecule has 17 heavy (non-hydrogen) atoms. The summed E-state index contributed by atoms with van der Waals surface area (Å²) >= 11 is 0. The van der Waals surface area contributed by atoms with E-state index in [0.717, 1.165) is 17.9 Å². The molecule has 0 spiro atoms. The molecule has 0 aromatic heterocycles. The summed E-state index contributed by atoms with van der Waals surface area (Å²) in [6.07, 6.45) is 15.1. The van der Waals surface area contributed by atoms with Gasteiger partial charge in [0.1, 0.15) is 0 Å². The van der Waals surface area contributed by atoms with Gasteiger partial charge in [0.15, 0.2) is 0 Å². The maximum atomic E-state index is 3.60. The summed E-state index contributed by atoms with van der Waals surface area (Å²) < 4.78 is 0. The van der Waals surface area contributed by atoms with E-state index in [1.807, 2.05) is 0 Å². The van der Waals surface area contributed by atoms with Gasteiger partial charge in [0.05, 0.1) is 0 Å². The molecule has 98 valence electrons. The summed E-state index contributed by atoms with van der Waals surface area (Å²) in [6, 6.07) is 0.738. The average molecular weight is 235 g/mol. The molecule has 2 rings (SSSR count). The van der Waals surface area contributed by atoms with Crippen LogP contribution < -0.4 is 5.32 Å². The van der Waals surface area contributed by atoms with E-state index in [0.29, 0.717) is 0 Å². The summed E-state index contributed by atoms with van der Waals surface area (Å²) in [5, 5.41) is 3.60. The summed E-state index contributed by atoms with van der Waals surface area (Å²) in [5.74, 6) is 1.87. The van der Waals surface area contributed by atoms with Crippen LogP contribution >= 0.6 is 0 Å². The summed E-state index contributed by atoms with van der Waals surface area (Å²) in [5.41, 5.74) is 1.73. The number of rotatable bonds is 4. The van der Waals surface area contributed by atoms with Gasteiger partial charge in [-0.2, -0.15) is 0 Å². The molecule has 1 saturated carbocycles. The molecule has 3 atom stereocenters. The molecule has 1 nitrogen and oxygen atoms in total. The van der Waals surface area contributed by atoms with Crippen molar-refractivity contribution in [2.24, 2.45) is 11.8 Å². The number of nitrogens with one attached hydrogen (secondary N) is 1. The van der Waals surface area contributed by atoms with Gasteiger partial charge in [0.25, 0.3) is 0 Å². The van der Waals surface area contributed by atoms with Crippen LogP contribution in [0.25, 0.3) is 0 Å². The van der Waals surface area contributed by atoms with E-state index in [2.05, 4.69) is 25.4 Å². The van der Waals surface area contributed by atoms with E-state index >= 15 is 0 Å². The highest BCUT2D eigenvalue weighted by Crippen LogP contribution is 2.33. The highest BCUT2D eigenvalue weighted by Gasteiger charge is 2.26. The lowest BCUT2D eigenvalue weighted by Crippen LogP contribution is -2.36. The normalized spacial score (nSPS) is 32.0. The average Bonchev–Trinajstić information content (AvgIpc) is 2.37. The van der Waals surface area contributed by atoms with Crippen LogP contribution in [-0.2, 0) is 0 Å². The minimum atomic E-state index is 0.738. The van der Waals surface area contributed by atoms with Crippen molar-refractivity contribution in [1.82, 2.24) is 5.32 Å². The van der Waals surface area contributed by atoms with Crippen LogP contribution in [0.3, 0.4) is 0 Å². The number of hydrogen-bond acceptors (Lipinski definition) is 1. The van der Waals surface area contributed by atoms with E-state index in [1.54, 1.807) is 5.57 Å². The SMILES string of the molecule is CNC(CC1=CCCCC1)C1CCCC(C)C1. The topological polar surface area (TPSA) is 12.0 Å². The second-order valence-electron chi connectivity index (χ2n) is 6.24. The molecule has 0 bridgehead atoms. The fraction of sp³-hybridized carbons (Fsp3) is 0.875. The molecule has 2 aliphatic rings. The van der Waals surface area contributed by atoms with Gasteiger partial charge in [-0.25, -0.2) is 0 Å². The molecule has 0 amide bonds. The minimum absolute atomic E-state index is 0.738. The third kappa shape index (κ3) is 3.84. The molecule has 1 N–H and O–H groups in total. The van der Waals surface area contributed by atoms with Crippen molar-refractivity contribution in [2.75, 3.05) is 7.05 Å². The number of allylic oxidation sites excluding steroid dienone is 1. The van der Waals surface area contributed by atoms with Crippen LogP contribution in [0.5, 0.6) is 0 Å². The zero-order chi connectivity index (χ0) is 12.1. The molecule has 3 unspecified atom stereocenters. The Balaban J connectivity index is 1.88. The van der Waals surface area contributed by atoms with Gasteiger partial charge in [-0.05, 0) is 63.8 Å². The summed E-state index contributed by atoms with van der Waals surface area (Å²) in [4.78, 5) is 0. The minimum Gasteiger partial charge on any atom is -0.316 e. The molecule has 0 aromatic carbocycles. The summed E-state index contributed by atoms with van der Waals surface area (Å²) in [7, 11) is 2.16. The van der Waals surface area contributed by atoms with E-state index in [1.165, 1.54) is 57.8 Å². The van der Waals surface area contributed by atoms with Gasteiger partial charge in [0, 0.05) is 6.04 Å². The monoisotopic (exact) mass is 235 g/mol. The maximum Gasteiger partial charge on any atom is 0.0130 e. The molecule has 0 saturated heterocycles. The van der Waals surface area contributed by atoms with Crippen molar-refractivity contribution in [3.05, 3.63) is 11.6 Å². The standard InChI is InChI=1S/C16H29N/c1-13-7-6-10-15(11-13)16(17-2)12-14-8-4-3-5-9-14/h8,13,15-17H,3-7,9-12H2,1-2H3. The quantitative estimate of drug-likeness (QED) is 0.717. The zero-order valence-corrected chi connectivity index (χ0v) is 11.7. The van der Waals surface area contributed by atoms with Crippen molar-refractivity contribution >= 4 is 0 Å². The van der Waals surface area contributed by atoms with Crippen molar-refractivity contribution in [2.45, 2.75) is 70.8 Å². The van der Waals surface area contributed by atoms with Crippen LogP contribution in [0.4, 0.5) is 0 Å². The predicted octanol–water partition coefficient (Wildman–Crippen LogP) is 4.29. The largest absolute Gasteiger partial charge is 0.316 e. The molecule has 1 heteroatoms. The molecular formula is C16H29N. The van der Waals surface area contributed by atoms with Crippen LogP contribution in [0.15, 0.2) is 11.6 Å². The Morgan fingerprint density at radius 1 is 1.29 bits per heavy atom. The molecule has 0 aromatic rings. The zero-order valence-electron chi connectivity index (χ0n) is 11.7. The van der Waals surface area contributed by atoms with Gasteiger partial charge in [-0.1, -0.05) is 31.4 Å². The van der Waals surface area contributed by atoms with Gasteiger partial charge in [0.2, 0.25) is 0 Å². The Morgan fingerprint density at radius 2 is 2.18 bits per heavy atom. The molecule has 0 heterocycles. The van der Waals surface area contributed by atoms with Gasteiger partial charge < -0.3 is 5.32 Å². The van der Waals surface area contributed by atoms with Crippen LogP contribution in [0.2, 0.25) is 0 Å². The third-order valence-electron chi connectivity index (χ3n) is 4.78. The fourth-order valence-corrected chi connectivity index (χ4v) is 3.72. The summed E-state index contributed by atoms with van der Waals surface area (Å²) in [6.45, 7) is 2.43. The number of hydrogen-bond donors (Lipinski definition) is 1. The maximum absolute atomic E-state index is 3.60. The van der Waals surface area contributed by atoms with E-state index in [-0.39, 0.29) is 0 Å². The Morgan fingerprint density at radius 3 is 2.82 bits per heavy atom. The Kier molecular flexibility index (Phi) is 5.09. The van der Waals surface area contributed by atoms with E-state index in [4.69, 9.17) is 0 Å². The molecule has 1 fully saturated rings. The predicted molar refractivity (Wildman–Crippen MR) is 75.1 cm³/mol. The fourth-order valence-electron chi connectivity index (χ4n) is 3.72. The lowest BCUT2D eigenvalue weighted by atomic mass is 9.76.